The van der Waals surface area contributed by atoms with Gasteiger partial charge in [-0.2, -0.15) is 0 Å². The highest BCUT2D eigenvalue weighted by atomic mass is 79.9. The molecule has 0 fully saturated rings. The van der Waals surface area contributed by atoms with Gasteiger partial charge in [0.2, 0.25) is 0 Å². The molecule has 0 amide bonds. The minimum absolute atomic E-state index is 0.465. The first-order valence-corrected chi connectivity index (χ1v) is 7.08. The maximum atomic E-state index is 5.95. The summed E-state index contributed by atoms with van der Waals surface area (Å²) in [4.78, 5) is 6.62. The highest BCUT2D eigenvalue weighted by Crippen LogP contribution is 2.23. The molecule has 0 spiro atoms. The van der Waals surface area contributed by atoms with Crippen LogP contribution in [0.5, 0.6) is 0 Å². The summed E-state index contributed by atoms with van der Waals surface area (Å²) < 4.78 is 6.33. The minimum Gasteiger partial charge on any atom is -0.380 e. The van der Waals surface area contributed by atoms with Gasteiger partial charge in [-0.25, -0.2) is 4.98 Å². The third kappa shape index (κ3) is 4.45. The molecular formula is C12H18BrClN2O. The van der Waals surface area contributed by atoms with Crippen LogP contribution >= 0.6 is 27.5 Å². The van der Waals surface area contributed by atoms with Crippen molar-refractivity contribution in [3.05, 3.63) is 22.3 Å². The number of pyridine rings is 1. The topological polar surface area (TPSA) is 25.4 Å². The van der Waals surface area contributed by atoms with Crippen molar-refractivity contribution in [2.24, 2.45) is 0 Å². The quantitative estimate of drug-likeness (QED) is 0.568. The first kappa shape index (κ1) is 14.7. The average molecular weight is 322 g/mol. The molecule has 0 aromatic carbocycles. The lowest BCUT2D eigenvalue weighted by Crippen LogP contribution is -2.28. The molecule has 0 saturated heterocycles. The normalized spacial score (nSPS) is 10.6. The van der Waals surface area contributed by atoms with E-state index < -0.39 is 0 Å². The highest BCUT2D eigenvalue weighted by Gasteiger charge is 2.11. The van der Waals surface area contributed by atoms with Crippen LogP contribution in [0, 0.1) is 0 Å². The Labute approximate surface area is 116 Å². The van der Waals surface area contributed by atoms with Crippen LogP contribution in [-0.2, 0) is 10.6 Å². The second-order valence-corrected chi connectivity index (χ2v) is 4.73. The van der Waals surface area contributed by atoms with E-state index in [2.05, 4.69) is 32.7 Å². The van der Waals surface area contributed by atoms with Crippen LogP contribution in [0.4, 0.5) is 5.82 Å². The molecule has 0 atom stereocenters. The summed E-state index contributed by atoms with van der Waals surface area (Å²) in [6.45, 7) is 7.29. The second kappa shape index (κ2) is 7.90. The van der Waals surface area contributed by atoms with Gasteiger partial charge in [0.15, 0.2) is 0 Å². The number of nitrogens with zero attached hydrogens (tertiary/aromatic N) is 2. The summed E-state index contributed by atoms with van der Waals surface area (Å²) in [5.41, 5.74) is 1.04. The molecule has 3 nitrogen and oxygen atoms in total. The summed E-state index contributed by atoms with van der Waals surface area (Å²) >= 11 is 9.36. The standard InChI is InChI=1S/C12H18BrClN2O/c1-3-16(5-6-17-4-2)12-10(8-14)7-11(13)9-15-12/h7,9H,3-6,8H2,1-2H3. The second-order valence-electron chi connectivity index (χ2n) is 3.55. The van der Waals surface area contributed by atoms with E-state index >= 15 is 0 Å². The fraction of sp³-hybridized carbons (Fsp3) is 0.583. The number of halogens is 2. The predicted molar refractivity (Wildman–Crippen MR) is 75.9 cm³/mol. The molecule has 0 aliphatic rings. The van der Waals surface area contributed by atoms with Gasteiger partial charge in [0, 0.05) is 35.9 Å². The third-order valence-electron chi connectivity index (χ3n) is 2.44. The van der Waals surface area contributed by atoms with Crippen molar-refractivity contribution in [3.63, 3.8) is 0 Å². The fourth-order valence-electron chi connectivity index (χ4n) is 1.59. The fourth-order valence-corrected chi connectivity index (χ4v) is 2.17. The van der Waals surface area contributed by atoms with Crippen molar-refractivity contribution in [2.45, 2.75) is 19.7 Å². The Hall–Kier alpha value is -0.320. The monoisotopic (exact) mass is 320 g/mol. The SMILES string of the molecule is CCOCCN(CC)c1ncc(Br)cc1CCl. The van der Waals surface area contributed by atoms with Crippen molar-refractivity contribution >= 4 is 33.3 Å². The predicted octanol–water partition coefficient (Wildman–Crippen LogP) is 3.45. The van der Waals surface area contributed by atoms with Crippen LogP contribution in [0.15, 0.2) is 16.7 Å². The molecule has 0 radical (unpaired) electrons. The zero-order chi connectivity index (χ0) is 12.7. The first-order chi connectivity index (χ1) is 8.22. The highest BCUT2D eigenvalue weighted by molar-refractivity contribution is 9.10. The maximum Gasteiger partial charge on any atom is 0.133 e. The van der Waals surface area contributed by atoms with E-state index in [1.807, 2.05) is 13.0 Å². The van der Waals surface area contributed by atoms with Crippen LogP contribution in [0.1, 0.15) is 19.4 Å². The Bertz CT molecular complexity index is 349. The molecule has 0 aliphatic carbocycles. The number of rotatable bonds is 7. The molecule has 1 aromatic rings. The number of anilines is 1. The van der Waals surface area contributed by atoms with Gasteiger partial charge in [0.25, 0.3) is 0 Å². The van der Waals surface area contributed by atoms with Gasteiger partial charge in [-0.05, 0) is 35.8 Å². The van der Waals surface area contributed by atoms with Crippen molar-refractivity contribution in [1.82, 2.24) is 4.98 Å². The molecule has 0 aliphatic heterocycles. The summed E-state index contributed by atoms with van der Waals surface area (Å²) in [7, 11) is 0. The number of hydrogen-bond donors (Lipinski definition) is 0. The summed E-state index contributed by atoms with van der Waals surface area (Å²) in [6.07, 6.45) is 1.80. The van der Waals surface area contributed by atoms with Gasteiger partial charge in [-0.3, -0.25) is 0 Å². The van der Waals surface area contributed by atoms with Crippen LogP contribution in [0.25, 0.3) is 0 Å². The van der Waals surface area contributed by atoms with Crippen LogP contribution in [-0.4, -0.2) is 31.3 Å². The molecule has 0 unspecified atom stereocenters. The molecule has 1 rings (SSSR count). The Morgan fingerprint density at radius 2 is 2.24 bits per heavy atom. The van der Waals surface area contributed by atoms with Gasteiger partial charge in [0.1, 0.15) is 5.82 Å². The van der Waals surface area contributed by atoms with E-state index in [0.717, 1.165) is 35.6 Å². The zero-order valence-corrected chi connectivity index (χ0v) is 12.6. The molecule has 0 saturated carbocycles. The van der Waals surface area contributed by atoms with E-state index in [-0.39, 0.29) is 0 Å². The van der Waals surface area contributed by atoms with E-state index in [9.17, 15) is 0 Å². The van der Waals surface area contributed by atoms with Gasteiger partial charge < -0.3 is 9.64 Å². The Kier molecular flexibility index (Phi) is 6.85. The van der Waals surface area contributed by atoms with Gasteiger partial charge in [-0.1, -0.05) is 0 Å². The molecule has 0 N–H and O–H groups in total. The lowest BCUT2D eigenvalue weighted by molar-refractivity contribution is 0.154. The zero-order valence-electron chi connectivity index (χ0n) is 10.2. The summed E-state index contributed by atoms with van der Waals surface area (Å²) in [5.74, 6) is 1.41. The summed E-state index contributed by atoms with van der Waals surface area (Å²) in [6, 6.07) is 2.01. The van der Waals surface area contributed by atoms with Gasteiger partial charge in [0.05, 0.1) is 12.5 Å². The third-order valence-corrected chi connectivity index (χ3v) is 3.17. The van der Waals surface area contributed by atoms with Crippen LogP contribution in [0.3, 0.4) is 0 Å². The van der Waals surface area contributed by atoms with Crippen molar-refractivity contribution in [2.75, 3.05) is 31.2 Å². The van der Waals surface area contributed by atoms with E-state index in [1.165, 1.54) is 0 Å². The van der Waals surface area contributed by atoms with Crippen LogP contribution < -0.4 is 4.90 Å². The Morgan fingerprint density at radius 1 is 1.47 bits per heavy atom. The lowest BCUT2D eigenvalue weighted by Gasteiger charge is -2.23. The number of hydrogen-bond acceptors (Lipinski definition) is 3. The lowest BCUT2D eigenvalue weighted by atomic mass is 10.2. The van der Waals surface area contributed by atoms with Crippen molar-refractivity contribution in [3.8, 4) is 0 Å². The van der Waals surface area contributed by atoms with Gasteiger partial charge >= 0.3 is 0 Å². The van der Waals surface area contributed by atoms with E-state index in [1.54, 1.807) is 6.20 Å². The van der Waals surface area contributed by atoms with Gasteiger partial charge in [-0.15, -0.1) is 11.6 Å². The van der Waals surface area contributed by atoms with E-state index in [0.29, 0.717) is 12.5 Å². The maximum absolute atomic E-state index is 5.95. The molecule has 96 valence electrons. The first-order valence-electron chi connectivity index (χ1n) is 5.76. The molecule has 0 bridgehead atoms. The number of alkyl halides is 1. The number of likely N-dealkylation sites (N-methyl/N-ethyl adjacent to an activating group) is 1. The molecule has 17 heavy (non-hydrogen) atoms. The molecular weight excluding hydrogens is 304 g/mol. The smallest absolute Gasteiger partial charge is 0.133 e. The summed E-state index contributed by atoms with van der Waals surface area (Å²) in [5, 5.41) is 0. The van der Waals surface area contributed by atoms with Crippen LogP contribution in [0.2, 0.25) is 0 Å². The Balaban J connectivity index is 2.79. The minimum atomic E-state index is 0.465. The average Bonchev–Trinajstić information content (AvgIpc) is 2.35. The van der Waals surface area contributed by atoms with Crippen molar-refractivity contribution < 1.29 is 4.74 Å². The number of aromatic nitrogens is 1. The Morgan fingerprint density at radius 3 is 2.82 bits per heavy atom. The molecule has 1 aromatic heterocycles. The largest absolute Gasteiger partial charge is 0.380 e. The molecule has 5 heteroatoms. The number of ether oxygens (including phenoxy) is 1. The van der Waals surface area contributed by atoms with Crippen molar-refractivity contribution in [1.29, 1.82) is 0 Å². The van der Waals surface area contributed by atoms with E-state index in [4.69, 9.17) is 16.3 Å². The molecule has 1 heterocycles.